The minimum absolute atomic E-state index is 0.132. The molecule has 0 heterocycles. The average Bonchev–Trinajstić information content (AvgIpc) is 2.50. The average molecular weight is 397 g/mol. The molecule has 0 aliphatic carbocycles. The van der Waals surface area contributed by atoms with Crippen molar-refractivity contribution >= 4 is 45.1 Å². The van der Waals surface area contributed by atoms with Crippen LogP contribution in [0.5, 0.6) is 0 Å². The zero-order valence-corrected chi connectivity index (χ0v) is 14.8. The van der Waals surface area contributed by atoms with Crippen molar-refractivity contribution in [2.24, 2.45) is 0 Å². The van der Waals surface area contributed by atoms with Crippen molar-refractivity contribution < 1.29 is 14.3 Å². The van der Waals surface area contributed by atoms with Crippen molar-refractivity contribution in [3.05, 3.63) is 63.1 Å². The number of nitrogens with one attached hydrogen (secondary N) is 1. The van der Waals surface area contributed by atoms with Gasteiger partial charge in [-0.1, -0.05) is 57.4 Å². The Kier molecular flexibility index (Phi) is 6.19. The third-order valence-electron chi connectivity index (χ3n) is 3.04. The number of anilines is 1. The van der Waals surface area contributed by atoms with Crippen molar-refractivity contribution in [3.8, 4) is 0 Å². The lowest BCUT2D eigenvalue weighted by Gasteiger charge is -2.08. The Morgan fingerprint density at radius 1 is 1.17 bits per heavy atom. The van der Waals surface area contributed by atoms with Gasteiger partial charge in [-0.15, -0.1) is 0 Å². The SMILES string of the molecule is Cc1ccc(CC(=O)OCC(=O)Nc2ccc(Br)cc2Cl)cc1. The highest BCUT2D eigenvalue weighted by molar-refractivity contribution is 9.10. The molecule has 1 amide bonds. The quantitative estimate of drug-likeness (QED) is 0.773. The summed E-state index contributed by atoms with van der Waals surface area (Å²) in [4.78, 5) is 23.5. The van der Waals surface area contributed by atoms with Crippen LogP contribution in [0.1, 0.15) is 11.1 Å². The first-order valence-corrected chi connectivity index (χ1v) is 8.07. The maximum absolute atomic E-state index is 11.8. The first-order valence-electron chi connectivity index (χ1n) is 6.90. The molecule has 2 aromatic rings. The Morgan fingerprint density at radius 3 is 2.52 bits per heavy atom. The molecule has 0 atom stereocenters. The lowest BCUT2D eigenvalue weighted by atomic mass is 10.1. The van der Waals surface area contributed by atoms with Crippen molar-refractivity contribution in [1.29, 1.82) is 0 Å². The van der Waals surface area contributed by atoms with Gasteiger partial charge in [-0.2, -0.15) is 0 Å². The van der Waals surface area contributed by atoms with Gasteiger partial charge in [0, 0.05) is 4.47 Å². The molecule has 0 bridgehead atoms. The normalized spacial score (nSPS) is 10.2. The van der Waals surface area contributed by atoms with Crippen molar-refractivity contribution in [2.75, 3.05) is 11.9 Å². The number of amides is 1. The lowest BCUT2D eigenvalue weighted by molar-refractivity contribution is -0.146. The fourth-order valence-corrected chi connectivity index (χ4v) is 2.57. The zero-order chi connectivity index (χ0) is 16.8. The topological polar surface area (TPSA) is 55.4 Å². The van der Waals surface area contributed by atoms with E-state index in [-0.39, 0.29) is 13.0 Å². The third kappa shape index (κ3) is 5.69. The fourth-order valence-electron chi connectivity index (χ4n) is 1.85. The van der Waals surface area contributed by atoms with E-state index < -0.39 is 11.9 Å². The van der Waals surface area contributed by atoms with Crippen LogP contribution in [0.25, 0.3) is 0 Å². The summed E-state index contributed by atoms with van der Waals surface area (Å²) in [7, 11) is 0. The van der Waals surface area contributed by atoms with Crippen LogP contribution in [0.2, 0.25) is 5.02 Å². The van der Waals surface area contributed by atoms with E-state index >= 15 is 0 Å². The minimum atomic E-state index is -0.453. The van der Waals surface area contributed by atoms with Crippen LogP contribution in [0, 0.1) is 6.92 Å². The molecule has 0 saturated carbocycles. The number of hydrogen-bond acceptors (Lipinski definition) is 3. The van der Waals surface area contributed by atoms with Crippen LogP contribution >= 0.6 is 27.5 Å². The Morgan fingerprint density at radius 2 is 1.87 bits per heavy atom. The second-order valence-corrected chi connectivity index (χ2v) is 6.32. The summed E-state index contributed by atoms with van der Waals surface area (Å²) in [6.07, 6.45) is 0.132. The number of carbonyl (C=O) groups excluding carboxylic acids is 2. The van der Waals surface area contributed by atoms with E-state index in [0.717, 1.165) is 15.6 Å². The molecule has 4 nitrogen and oxygen atoms in total. The van der Waals surface area contributed by atoms with E-state index in [0.29, 0.717) is 10.7 Å². The maximum Gasteiger partial charge on any atom is 0.310 e. The molecule has 6 heteroatoms. The molecule has 0 fully saturated rings. The van der Waals surface area contributed by atoms with Crippen LogP contribution in [0.3, 0.4) is 0 Å². The number of esters is 1. The molecule has 0 unspecified atom stereocenters. The summed E-state index contributed by atoms with van der Waals surface area (Å²) in [6, 6.07) is 12.6. The highest BCUT2D eigenvalue weighted by Gasteiger charge is 2.10. The van der Waals surface area contributed by atoms with Crippen molar-refractivity contribution in [1.82, 2.24) is 0 Å². The molecule has 120 valence electrons. The lowest BCUT2D eigenvalue weighted by Crippen LogP contribution is -2.21. The summed E-state index contributed by atoms with van der Waals surface area (Å²) >= 11 is 9.29. The van der Waals surface area contributed by atoms with Gasteiger partial charge in [0.05, 0.1) is 17.1 Å². The molecule has 0 aliphatic heterocycles. The molecule has 0 saturated heterocycles. The third-order valence-corrected chi connectivity index (χ3v) is 3.84. The number of aryl methyl sites for hydroxylation is 1. The van der Waals surface area contributed by atoms with Crippen LogP contribution in [0.15, 0.2) is 46.9 Å². The maximum atomic E-state index is 11.8. The Bertz CT molecular complexity index is 716. The minimum Gasteiger partial charge on any atom is -0.455 e. The standard InChI is InChI=1S/C17H15BrClNO3/c1-11-2-4-12(5-3-11)8-17(22)23-10-16(21)20-15-7-6-13(18)9-14(15)19/h2-7,9H,8,10H2,1H3,(H,20,21). The van der Waals surface area contributed by atoms with Gasteiger partial charge in [-0.3, -0.25) is 9.59 Å². The number of ether oxygens (including phenoxy) is 1. The highest BCUT2D eigenvalue weighted by Crippen LogP contribution is 2.25. The van der Waals surface area contributed by atoms with E-state index in [1.807, 2.05) is 31.2 Å². The molecule has 0 aliphatic rings. The molecule has 0 radical (unpaired) electrons. The van der Waals surface area contributed by atoms with Gasteiger partial charge in [-0.25, -0.2) is 0 Å². The molecule has 0 spiro atoms. The number of halogens is 2. The largest absolute Gasteiger partial charge is 0.455 e. The van der Waals surface area contributed by atoms with E-state index in [9.17, 15) is 9.59 Å². The molecule has 1 N–H and O–H groups in total. The first-order chi connectivity index (χ1) is 10.9. The van der Waals surface area contributed by atoms with E-state index in [4.69, 9.17) is 16.3 Å². The van der Waals surface area contributed by atoms with Gasteiger partial charge in [0.15, 0.2) is 6.61 Å². The summed E-state index contributed by atoms with van der Waals surface area (Å²) < 4.78 is 5.78. The van der Waals surface area contributed by atoms with Gasteiger partial charge >= 0.3 is 5.97 Å². The molecular weight excluding hydrogens is 382 g/mol. The number of hydrogen-bond donors (Lipinski definition) is 1. The molecular formula is C17H15BrClNO3. The van der Waals surface area contributed by atoms with Gasteiger partial charge in [0.1, 0.15) is 0 Å². The Hall–Kier alpha value is -1.85. The van der Waals surface area contributed by atoms with Crippen LogP contribution in [-0.4, -0.2) is 18.5 Å². The fraction of sp³-hybridized carbons (Fsp3) is 0.176. The number of rotatable bonds is 5. The summed E-state index contributed by atoms with van der Waals surface area (Å²) in [5, 5.41) is 3.00. The zero-order valence-electron chi connectivity index (χ0n) is 12.4. The van der Waals surface area contributed by atoms with E-state index in [1.54, 1.807) is 18.2 Å². The molecule has 2 aromatic carbocycles. The smallest absolute Gasteiger partial charge is 0.310 e. The molecule has 0 aromatic heterocycles. The van der Waals surface area contributed by atoms with Gasteiger partial charge in [0.25, 0.3) is 5.91 Å². The van der Waals surface area contributed by atoms with E-state index in [2.05, 4.69) is 21.2 Å². The summed E-state index contributed by atoms with van der Waals surface area (Å²) in [6.45, 7) is 1.62. The van der Waals surface area contributed by atoms with Crippen LogP contribution in [0.4, 0.5) is 5.69 Å². The predicted molar refractivity (Wildman–Crippen MR) is 93.6 cm³/mol. The Labute approximate surface area is 147 Å². The first kappa shape index (κ1) is 17.5. The van der Waals surface area contributed by atoms with Gasteiger partial charge < -0.3 is 10.1 Å². The van der Waals surface area contributed by atoms with Crippen molar-refractivity contribution in [3.63, 3.8) is 0 Å². The predicted octanol–water partition coefficient (Wildman–Crippen LogP) is 4.14. The van der Waals surface area contributed by atoms with Gasteiger partial charge in [-0.05, 0) is 30.7 Å². The second kappa shape index (κ2) is 8.13. The molecule has 23 heavy (non-hydrogen) atoms. The summed E-state index contributed by atoms with van der Waals surface area (Å²) in [5.41, 5.74) is 2.43. The molecule has 2 rings (SSSR count). The monoisotopic (exact) mass is 395 g/mol. The number of benzene rings is 2. The van der Waals surface area contributed by atoms with Gasteiger partial charge in [0.2, 0.25) is 0 Å². The highest BCUT2D eigenvalue weighted by atomic mass is 79.9. The van der Waals surface area contributed by atoms with E-state index in [1.165, 1.54) is 0 Å². The van der Waals surface area contributed by atoms with Crippen LogP contribution in [-0.2, 0) is 20.7 Å². The van der Waals surface area contributed by atoms with Crippen molar-refractivity contribution in [2.45, 2.75) is 13.3 Å². The van der Waals surface area contributed by atoms with Crippen LogP contribution < -0.4 is 5.32 Å². The summed E-state index contributed by atoms with van der Waals surface area (Å²) in [5.74, 6) is -0.891. The number of carbonyl (C=O) groups is 2. The Balaban J connectivity index is 1.81. The second-order valence-electron chi connectivity index (χ2n) is 5.00.